The second kappa shape index (κ2) is 6.88. The van der Waals surface area contributed by atoms with Crippen LogP contribution in [0.15, 0.2) is 4.52 Å². The first-order valence-corrected chi connectivity index (χ1v) is 7.32. The lowest BCUT2D eigenvalue weighted by atomic mass is 9.82. The average molecular weight is 251 g/mol. The predicted molar refractivity (Wildman–Crippen MR) is 71.3 cm³/mol. The van der Waals surface area contributed by atoms with Crippen LogP contribution >= 0.6 is 0 Å². The molecule has 1 aliphatic rings. The summed E-state index contributed by atoms with van der Waals surface area (Å²) in [4.78, 5) is 4.56. The van der Waals surface area contributed by atoms with Crippen molar-refractivity contribution >= 4 is 0 Å². The van der Waals surface area contributed by atoms with Crippen LogP contribution in [0.4, 0.5) is 0 Å². The molecular formula is C14H25N3O. The third-order valence-electron chi connectivity index (χ3n) is 3.88. The molecule has 1 heterocycles. The molecule has 1 aromatic heterocycles. The third-order valence-corrected chi connectivity index (χ3v) is 3.88. The summed E-state index contributed by atoms with van der Waals surface area (Å²) in [6.45, 7) is 3.09. The van der Waals surface area contributed by atoms with Crippen LogP contribution in [0.5, 0.6) is 0 Å². The molecule has 0 aliphatic heterocycles. The van der Waals surface area contributed by atoms with Gasteiger partial charge in [-0.05, 0) is 38.1 Å². The minimum Gasteiger partial charge on any atom is -0.339 e. The molecule has 1 aromatic rings. The topological polar surface area (TPSA) is 64.9 Å². The van der Waals surface area contributed by atoms with Crippen molar-refractivity contribution in [3.05, 3.63) is 11.7 Å². The summed E-state index contributed by atoms with van der Waals surface area (Å²) in [5, 5.41) is 4.16. The van der Waals surface area contributed by atoms with Gasteiger partial charge in [0.05, 0.1) is 0 Å². The van der Waals surface area contributed by atoms with Gasteiger partial charge >= 0.3 is 0 Å². The number of nitrogens with two attached hydrogens (primary N) is 1. The van der Waals surface area contributed by atoms with Crippen LogP contribution in [-0.4, -0.2) is 16.7 Å². The number of hydrogen-bond acceptors (Lipinski definition) is 4. The Bertz CT molecular complexity index is 351. The van der Waals surface area contributed by atoms with Gasteiger partial charge in [-0.15, -0.1) is 0 Å². The minimum absolute atomic E-state index is 0.523. The summed E-state index contributed by atoms with van der Waals surface area (Å²) in [5.74, 6) is 3.07. The molecule has 1 saturated carbocycles. The molecule has 102 valence electrons. The quantitative estimate of drug-likeness (QED) is 0.789. The fraction of sp³-hybridized carbons (Fsp3) is 0.857. The molecule has 4 heteroatoms. The van der Waals surface area contributed by atoms with Gasteiger partial charge in [-0.1, -0.05) is 31.3 Å². The van der Waals surface area contributed by atoms with Crippen molar-refractivity contribution in [1.82, 2.24) is 10.1 Å². The first kappa shape index (κ1) is 13.5. The van der Waals surface area contributed by atoms with Crippen molar-refractivity contribution in [2.45, 2.75) is 64.2 Å². The first-order valence-electron chi connectivity index (χ1n) is 7.32. The molecule has 2 N–H and O–H groups in total. The molecule has 1 aliphatic carbocycles. The van der Waals surface area contributed by atoms with Crippen molar-refractivity contribution in [3.63, 3.8) is 0 Å². The molecule has 2 atom stereocenters. The summed E-state index contributed by atoms with van der Waals surface area (Å²) in [6.07, 6.45) is 9.31. The molecule has 4 nitrogen and oxygen atoms in total. The second-order valence-corrected chi connectivity index (χ2v) is 5.61. The van der Waals surface area contributed by atoms with Crippen molar-refractivity contribution in [2.75, 3.05) is 6.54 Å². The van der Waals surface area contributed by atoms with E-state index in [1.54, 1.807) is 0 Å². The van der Waals surface area contributed by atoms with E-state index in [0.29, 0.717) is 5.92 Å². The molecule has 0 radical (unpaired) electrons. The predicted octanol–water partition coefficient (Wildman–Crippen LogP) is 3.03. The number of hydrogen-bond donors (Lipinski definition) is 1. The zero-order valence-corrected chi connectivity index (χ0v) is 11.4. The second-order valence-electron chi connectivity index (χ2n) is 5.61. The number of aryl methyl sites for hydroxylation is 1. The zero-order valence-electron chi connectivity index (χ0n) is 11.4. The Morgan fingerprint density at radius 3 is 2.94 bits per heavy atom. The number of rotatable bonds is 6. The van der Waals surface area contributed by atoms with E-state index in [1.807, 2.05) is 0 Å². The van der Waals surface area contributed by atoms with Crippen molar-refractivity contribution < 1.29 is 4.52 Å². The maximum atomic E-state index is 5.47. The van der Waals surface area contributed by atoms with E-state index in [9.17, 15) is 0 Å². The molecule has 0 bridgehead atoms. The Morgan fingerprint density at radius 2 is 2.17 bits per heavy atom. The Labute approximate surface area is 109 Å². The van der Waals surface area contributed by atoms with Gasteiger partial charge in [0.15, 0.2) is 5.82 Å². The average Bonchev–Trinajstić information content (AvgIpc) is 2.83. The maximum Gasteiger partial charge on any atom is 0.226 e. The van der Waals surface area contributed by atoms with Gasteiger partial charge in [-0.2, -0.15) is 4.98 Å². The van der Waals surface area contributed by atoms with Crippen LogP contribution in [0.2, 0.25) is 0 Å². The van der Waals surface area contributed by atoms with E-state index in [2.05, 4.69) is 17.1 Å². The fourth-order valence-corrected chi connectivity index (χ4v) is 2.80. The Kier molecular flexibility index (Phi) is 5.17. The largest absolute Gasteiger partial charge is 0.339 e. The lowest BCUT2D eigenvalue weighted by Crippen LogP contribution is -2.12. The van der Waals surface area contributed by atoms with Crippen molar-refractivity contribution in [3.8, 4) is 0 Å². The zero-order chi connectivity index (χ0) is 12.8. The van der Waals surface area contributed by atoms with Crippen LogP contribution in [0.1, 0.15) is 69.5 Å². The number of nitrogens with zero attached hydrogens (tertiary/aromatic N) is 2. The normalized spacial score (nSPS) is 24.3. The highest BCUT2D eigenvalue weighted by Gasteiger charge is 2.24. The molecular weight excluding hydrogens is 226 g/mol. The minimum atomic E-state index is 0.523. The van der Waals surface area contributed by atoms with Gasteiger partial charge in [-0.3, -0.25) is 0 Å². The molecule has 0 saturated heterocycles. The van der Waals surface area contributed by atoms with Crippen LogP contribution in [0.25, 0.3) is 0 Å². The van der Waals surface area contributed by atoms with E-state index in [1.165, 1.54) is 25.7 Å². The van der Waals surface area contributed by atoms with Gasteiger partial charge < -0.3 is 10.3 Å². The summed E-state index contributed by atoms with van der Waals surface area (Å²) >= 11 is 0. The number of aromatic nitrogens is 2. The molecule has 2 unspecified atom stereocenters. The highest BCUT2D eigenvalue weighted by atomic mass is 16.5. The highest BCUT2D eigenvalue weighted by Crippen LogP contribution is 2.34. The Hall–Kier alpha value is -0.900. The van der Waals surface area contributed by atoms with E-state index in [0.717, 1.165) is 49.9 Å². The summed E-state index contributed by atoms with van der Waals surface area (Å²) in [5.41, 5.74) is 5.47. The SMILES string of the molecule is CC1CCCC(c2noc(CCCCCN)n2)C1. The van der Waals surface area contributed by atoms with Crippen LogP contribution in [-0.2, 0) is 6.42 Å². The molecule has 0 spiro atoms. The Morgan fingerprint density at radius 1 is 1.28 bits per heavy atom. The summed E-state index contributed by atoms with van der Waals surface area (Å²) < 4.78 is 5.34. The molecule has 18 heavy (non-hydrogen) atoms. The van der Waals surface area contributed by atoms with Gasteiger partial charge in [-0.25, -0.2) is 0 Å². The summed E-state index contributed by atoms with van der Waals surface area (Å²) in [7, 11) is 0. The lowest BCUT2D eigenvalue weighted by molar-refractivity contribution is 0.319. The van der Waals surface area contributed by atoms with Crippen LogP contribution in [0, 0.1) is 5.92 Å². The smallest absolute Gasteiger partial charge is 0.226 e. The molecule has 0 aromatic carbocycles. The molecule has 0 amide bonds. The van der Waals surface area contributed by atoms with Gasteiger partial charge in [0.1, 0.15) is 0 Å². The van der Waals surface area contributed by atoms with Crippen molar-refractivity contribution in [2.24, 2.45) is 11.7 Å². The van der Waals surface area contributed by atoms with E-state index in [-0.39, 0.29) is 0 Å². The van der Waals surface area contributed by atoms with Crippen LogP contribution < -0.4 is 5.73 Å². The van der Waals surface area contributed by atoms with Gasteiger partial charge in [0.2, 0.25) is 5.89 Å². The standard InChI is InChI=1S/C14H25N3O/c1-11-6-5-7-12(10-11)14-16-13(18-17-14)8-3-2-4-9-15/h11-12H,2-10,15H2,1H3. The lowest BCUT2D eigenvalue weighted by Gasteiger charge is -2.23. The third kappa shape index (κ3) is 3.80. The first-order chi connectivity index (χ1) is 8.79. The fourth-order valence-electron chi connectivity index (χ4n) is 2.80. The number of unbranched alkanes of at least 4 members (excludes halogenated alkanes) is 2. The van der Waals surface area contributed by atoms with E-state index in [4.69, 9.17) is 10.3 Å². The van der Waals surface area contributed by atoms with Gasteiger partial charge in [0, 0.05) is 12.3 Å². The summed E-state index contributed by atoms with van der Waals surface area (Å²) in [6, 6.07) is 0. The molecule has 1 fully saturated rings. The van der Waals surface area contributed by atoms with Crippen LogP contribution in [0.3, 0.4) is 0 Å². The molecule has 2 rings (SSSR count). The highest BCUT2D eigenvalue weighted by molar-refractivity contribution is 4.97. The maximum absolute atomic E-state index is 5.47. The van der Waals surface area contributed by atoms with Gasteiger partial charge in [0.25, 0.3) is 0 Å². The Balaban J connectivity index is 1.81. The van der Waals surface area contributed by atoms with E-state index < -0.39 is 0 Å². The monoisotopic (exact) mass is 251 g/mol. The van der Waals surface area contributed by atoms with Crippen molar-refractivity contribution in [1.29, 1.82) is 0 Å². The van der Waals surface area contributed by atoms with E-state index >= 15 is 0 Å².